The van der Waals surface area contributed by atoms with Gasteiger partial charge in [0.2, 0.25) is 0 Å². The van der Waals surface area contributed by atoms with E-state index < -0.39 is 23.0 Å². The lowest BCUT2D eigenvalue weighted by atomic mass is 10.2. The molecule has 37 heavy (non-hydrogen) atoms. The smallest absolute Gasteiger partial charge is 0.417 e. The molecule has 2 aromatic heterocycles. The molecule has 1 N–H and O–H groups in total. The fourth-order valence-electron chi connectivity index (χ4n) is 3.61. The third-order valence-electron chi connectivity index (χ3n) is 5.60. The van der Waals surface area contributed by atoms with Crippen LogP contribution in [0.5, 0.6) is 11.5 Å². The summed E-state index contributed by atoms with van der Waals surface area (Å²) in [5.74, 6) is 1.30. The van der Waals surface area contributed by atoms with Crippen molar-refractivity contribution in [2.75, 3.05) is 19.5 Å². The van der Waals surface area contributed by atoms with E-state index in [9.17, 15) is 22.8 Å². The Labute approximate surface area is 209 Å². The highest BCUT2D eigenvalue weighted by Crippen LogP contribution is 2.29. The minimum atomic E-state index is -4.54. The van der Waals surface area contributed by atoms with E-state index in [1.54, 1.807) is 55.6 Å². The second kappa shape index (κ2) is 10.6. The maximum Gasteiger partial charge on any atom is 0.417 e. The summed E-state index contributed by atoms with van der Waals surface area (Å²) >= 11 is 0. The molecule has 0 aliphatic rings. The number of halogens is 3. The Morgan fingerprint density at radius 1 is 0.838 bits per heavy atom. The van der Waals surface area contributed by atoms with Gasteiger partial charge in [-0.05, 0) is 47.5 Å². The number of nitrogens with one attached hydrogen (secondary N) is 1. The van der Waals surface area contributed by atoms with E-state index in [4.69, 9.17) is 9.47 Å². The van der Waals surface area contributed by atoms with Gasteiger partial charge in [-0.2, -0.15) is 13.2 Å². The number of nitrogens with zero attached hydrogens (tertiary/aromatic N) is 3. The largest absolute Gasteiger partial charge is 0.497 e. The predicted molar refractivity (Wildman–Crippen MR) is 132 cm³/mol. The molecule has 2 heterocycles. The molecule has 8 nitrogen and oxygen atoms in total. The molecule has 192 valence electrons. The average Bonchev–Trinajstić information content (AvgIpc) is 2.90. The number of ether oxygens (including phenoxy) is 2. The van der Waals surface area contributed by atoms with Crippen molar-refractivity contribution in [3.8, 4) is 11.5 Å². The lowest BCUT2D eigenvalue weighted by Gasteiger charge is -2.15. The lowest BCUT2D eigenvalue weighted by Crippen LogP contribution is -2.41. The number of anilines is 2. The van der Waals surface area contributed by atoms with E-state index >= 15 is 0 Å². The average molecular weight is 512 g/mol. The maximum atomic E-state index is 13.3. The van der Waals surface area contributed by atoms with Gasteiger partial charge in [-0.25, -0.2) is 9.78 Å². The molecule has 11 heteroatoms. The zero-order chi connectivity index (χ0) is 26.6. The number of benzene rings is 2. The molecule has 0 saturated heterocycles. The molecule has 0 amide bonds. The Balaban J connectivity index is 1.73. The molecule has 4 aromatic rings. The summed E-state index contributed by atoms with van der Waals surface area (Å²) in [4.78, 5) is 30.4. The normalized spacial score (nSPS) is 11.3. The molecule has 0 aliphatic carbocycles. The Morgan fingerprint density at radius 2 is 1.41 bits per heavy atom. The van der Waals surface area contributed by atoms with E-state index in [0.717, 1.165) is 22.3 Å². The molecule has 2 aromatic carbocycles. The summed E-state index contributed by atoms with van der Waals surface area (Å²) in [6, 6.07) is 15.9. The Kier molecular flexibility index (Phi) is 7.32. The van der Waals surface area contributed by atoms with Crippen molar-refractivity contribution in [2.24, 2.45) is 0 Å². The van der Waals surface area contributed by atoms with Crippen LogP contribution < -0.4 is 26.0 Å². The molecule has 0 spiro atoms. The quantitative estimate of drug-likeness (QED) is 0.379. The second-order valence-corrected chi connectivity index (χ2v) is 8.10. The minimum Gasteiger partial charge on any atom is -0.497 e. The number of rotatable bonds is 8. The summed E-state index contributed by atoms with van der Waals surface area (Å²) < 4.78 is 51.4. The Bertz CT molecular complexity index is 1480. The summed E-state index contributed by atoms with van der Waals surface area (Å²) in [6.45, 7) is 0.112. The van der Waals surface area contributed by atoms with Crippen LogP contribution in [0.15, 0.2) is 82.6 Å². The Morgan fingerprint density at radius 3 is 1.89 bits per heavy atom. The molecule has 0 unspecified atom stereocenters. The van der Waals surface area contributed by atoms with Crippen LogP contribution in [0.1, 0.15) is 16.7 Å². The molecular formula is C26H23F3N4O4. The first-order chi connectivity index (χ1) is 17.7. The molecule has 0 atom stereocenters. The van der Waals surface area contributed by atoms with Crippen LogP contribution in [0.25, 0.3) is 0 Å². The maximum absolute atomic E-state index is 13.3. The molecule has 0 saturated carbocycles. The number of pyridine rings is 1. The van der Waals surface area contributed by atoms with Gasteiger partial charge in [0.25, 0.3) is 5.56 Å². The van der Waals surface area contributed by atoms with Crippen LogP contribution in [-0.4, -0.2) is 28.3 Å². The zero-order valence-corrected chi connectivity index (χ0v) is 20.0. The first-order valence-corrected chi connectivity index (χ1v) is 11.1. The van der Waals surface area contributed by atoms with E-state index in [0.29, 0.717) is 23.3 Å². The van der Waals surface area contributed by atoms with Gasteiger partial charge in [0, 0.05) is 12.4 Å². The van der Waals surface area contributed by atoms with Gasteiger partial charge in [0.15, 0.2) is 0 Å². The van der Waals surface area contributed by atoms with Gasteiger partial charge < -0.3 is 14.8 Å². The highest BCUT2D eigenvalue weighted by atomic mass is 19.4. The fraction of sp³-hybridized carbons (Fsp3) is 0.192. The van der Waals surface area contributed by atoms with Gasteiger partial charge in [-0.15, -0.1) is 0 Å². The standard InChI is InChI=1S/C26H23F3N4O4/c1-36-20-8-3-17(4-9-20)14-32-16-22(31-23-12-7-19(13-30-23)26(27,28)29)24(34)33(25(32)35)15-18-5-10-21(37-2)11-6-18/h3-13,16H,14-15H2,1-2H3,(H,30,31). The van der Waals surface area contributed by atoms with Crippen molar-refractivity contribution in [3.05, 3.63) is 111 Å². The van der Waals surface area contributed by atoms with E-state index in [2.05, 4.69) is 10.3 Å². The summed E-state index contributed by atoms with van der Waals surface area (Å²) in [5, 5.41) is 2.76. The van der Waals surface area contributed by atoms with Crippen molar-refractivity contribution >= 4 is 11.5 Å². The molecule has 0 bridgehead atoms. The number of alkyl halides is 3. The van der Waals surface area contributed by atoms with Gasteiger partial charge in [-0.3, -0.25) is 13.9 Å². The summed E-state index contributed by atoms with van der Waals surface area (Å²) in [6.07, 6.45) is -2.54. The monoisotopic (exact) mass is 512 g/mol. The van der Waals surface area contributed by atoms with Crippen LogP contribution in [0.3, 0.4) is 0 Å². The molecule has 0 aliphatic heterocycles. The minimum absolute atomic E-state index is 0.0196. The van der Waals surface area contributed by atoms with Crippen molar-refractivity contribution in [3.63, 3.8) is 0 Å². The highest BCUT2D eigenvalue weighted by Gasteiger charge is 2.30. The van der Waals surface area contributed by atoms with E-state index in [1.807, 2.05) is 0 Å². The van der Waals surface area contributed by atoms with Crippen LogP contribution >= 0.6 is 0 Å². The molecule has 0 fully saturated rings. The van der Waals surface area contributed by atoms with Gasteiger partial charge in [0.05, 0.1) is 32.9 Å². The van der Waals surface area contributed by atoms with Crippen molar-refractivity contribution < 1.29 is 22.6 Å². The summed E-state index contributed by atoms with van der Waals surface area (Å²) in [7, 11) is 3.07. The highest BCUT2D eigenvalue weighted by molar-refractivity contribution is 5.54. The second-order valence-electron chi connectivity index (χ2n) is 8.10. The van der Waals surface area contributed by atoms with E-state index in [1.165, 1.54) is 17.9 Å². The Hall–Kier alpha value is -4.54. The summed E-state index contributed by atoms with van der Waals surface area (Å²) in [5.41, 5.74) is -0.679. The lowest BCUT2D eigenvalue weighted by molar-refractivity contribution is -0.137. The third-order valence-corrected chi connectivity index (χ3v) is 5.60. The van der Waals surface area contributed by atoms with E-state index in [-0.39, 0.29) is 24.6 Å². The van der Waals surface area contributed by atoms with Crippen molar-refractivity contribution in [1.82, 2.24) is 14.1 Å². The fourth-order valence-corrected chi connectivity index (χ4v) is 3.61. The van der Waals surface area contributed by atoms with Crippen molar-refractivity contribution in [1.29, 1.82) is 0 Å². The molecule has 4 rings (SSSR count). The van der Waals surface area contributed by atoms with Crippen LogP contribution in [-0.2, 0) is 19.3 Å². The number of methoxy groups -OCH3 is 2. The van der Waals surface area contributed by atoms with Gasteiger partial charge in [0.1, 0.15) is 23.0 Å². The SMILES string of the molecule is COc1ccc(Cn2cc(Nc3ccc(C(F)(F)F)cn3)c(=O)n(Cc3ccc(OC)cc3)c2=O)cc1. The van der Waals surface area contributed by atoms with Crippen LogP contribution in [0.2, 0.25) is 0 Å². The number of hydrogen-bond donors (Lipinski definition) is 1. The number of hydrogen-bond acceptors (Lipinski definition) is 6. The first kappa shape index (κ1) is 25.5. The predicted octanol–water partition coefficient (Wildman–Crippen LogP) is 4.28. The third kappa shape index (κ3) is 6.00. The van der Waals surface area contributed by atoms with Crippen molar-refractivity contribution in [2.45, 2.75) is 19.3 Å². The topological polar surface area (TPSA) is 87.4 Å². The zero-order valence-electron chi connectivity index (χ0n) is 20.0. The first-order valence-electron chi connectivity index (χ1n) is 11.1. The van der Waals surface area contributed by atoms with Gasteiger partial charge in [-0.1, -0.05) is 24.3 Å². The van der Waals surface area contributed by atoms with Crippen LogP contribution in [0.4, 0.5) is 24.7 Å². The molecular weight excluding hydrogens is 489 g/mol. The molecule has 0 radical (unpaired) electrons. The van der Waals surface area contributed by atoms with Gasteiger partial charge >= 0.3 is 11.9 Å². The number of aromatic nitrogens is 3. The van der Waals surface area contributed by atoms with Crippen LogP contribution in [0, 0.1) is 0 Å².